The predicted molar refractivity (Wildman–Crippen MR) is 145 cm³/mol. The van der Waals surface area contributed by atoms with Crippen LogP contribution in [0.25, 0.3) is 0 Å². The second-order valence-electron chi connectivity index (χ2n) is 10.6. The molecule has 8 nitrogen and oxygen atoms in total. The van der Waals surface area contributed by atoms with Gasteiger partial charge in [0.05, 0.1) is 18.8 Å². The van der Waals surface area contributed by atoms with Crippen LogP contribution in [0, 0.1) is 0 Å². The van der Waals surface area contributed by atoms with E-state index < -0.39 is 0 Å². The zero-order chi connectivity index (χ0) is 25.9. The highest BCUT2D eigenvalue weighted by atomic mass is 16.5. The number of guanidine groups is 1. The molecule has 4 rings (SSSR count). The first-order chi connectivity index (χ1) is 18.2. The summed E-state index contributed by atoms with van der Waals surface area (Å²) in [6.07, 6.45) is 14.7. The zero-order valence-electron chi connectivity index (χ0n) is 22.3. The Kier molecular flexibility index (Phi) is 10.6. The molecule has 2 N–H and O–H groups in total. The van der Waals surface area contributed by atoms with E-state index in [0.717, 1.165) is 87.8 Å². The highest BCUT2D eigenvalue weighted by molar-refractivity contribution is 6.05. The third-order valence-electron chi connectivity index (χ3n) is 7.75. The van der Waals surface area contributed by atoms with Gasteiger partial charge in [-0.3, -0.25) is 14.9 Å². The van der Waals surface area contributed by atoms with Crippen LogP contribution < -0.4 is 10.1 Å². The minimum atomic E-state index is -0.0209. The molecular weight excluding hydrogens is 468 g/mol. The molecule has 0 atom stereocenters. The summed E-state index contributed by atoms with van der Waals surface area (Å²) in [7, 11) is 0. The molecule has 2 aliphatic heterocycles. The molecule has 0 aromatic heterocycles. The lowest BCUT2D eigenvalue weighted by atomic mass is 9.93. The summed E-state index contributed by atoms with van der Waals surface area (Å²) >= 11 is 0. The number of amides is 2. The van der Waals surface area contributed by atoms with Crippen LogP contribution in [-0.4, -0.2) is 65.0 Å². The van der Waals surface area contributed by atoms with Crippen LogP contribution in [0.5, 0.6) is 5.75 Å². The Morgan fingerprint density at radius 1 is 1.03 bits per heavy atom. The monoisotopic (exact) mass is 512 g/mol. The molecule has 0 bridgehead atoms. The van der Waals surface area contributed by atoms with E-state index in [1.54, 1.807) is 0 Å². The summed E-state index contributed by atoms with van der Waals surface area (Å²) in [5.41, 5.74) is 1.90. The Morgan fingerprint density at radius 2 is 1.81 bits per heavy atom. The molecule has 8 heteroatoms. The smallest absolute Gasteiger partial charge is 0.246 e. The number of carbonyl (C=O) groups excluding carboxylic acids is 2. The quantitative estimate of drug-likeness (QED) is 0.333. The van der Waals surface area contributed by atoms with E-state index in [4.69, 9.17) is 9.84 Å². The van der Waals surface area contributed by atoms with Crippen LogP contribution in [0.1, 0.15) is 95.5 Å². The molecule has 1 saturated heterocycles. The maximum atomic E-state index is 13.1. The number of fused-ring (bicyclic) bond motifs is 2. The number of aliphatic hydroxyl groups excluding tert-OH is 1. The molecule has 204 valence electrons. The number of rotatable bonds is 15. The fraction of sp³-hybridized carbons (Fsp3) is 0.690. The number of aliphatic hydroxyl groups is 1. The van der Waals surface area contributed by atoms with Crippen molar-refractivity contribution in [3.63, 3.8) is 0 Å². The molecule has 0 spiro atoms. The molecule has 1 aromatic carbocycles. The Balaban J connectivity index is 1.15. The Bertz CT molecular complexity index is 928. The fourth-order valence-electron chi connectivity index (χ4n) is 5.69. The van der Waals surface area contributed by atoms with Gasteiger partial charge in [-0.1, -0.05) is 51.0 Å². The molecule has 1 aliphatic carbocycles. The zero-order valence-corrected chi connectivity index (χ0v) is 22.3. The third kappa shape index (κ3) is 7.94. The van der Waals surface area contributed by atoms with E-state index in [1.807, 2.05) is 23.1 Å². The van der Waals surface area contributed by atoms with Crippen molar-refractivity contribution >= 4 is 23.5 Å². The van der Waals surface area contributed by atoms with Crippen LogP contribution in [-0.2, 0) is 16.1 Å². The molecule has 2 fully saturated rings. The highest BCUT2D eigenvalue weighted by Crippen LogP contribution is 2.34. The molecule has 37 heavy (non-hydrogen) atoms. The minimum absolute atomic E-state index is 0.0209. The summed E-state index contributed by atoms with van der Waals surface area (Å²) in [5, 5.41) is 11.8. The van der Waals surface area contributed by atoms with Crippen molar-refractivity contribution in [3.8, 4) is 5.75 Å². The molecule has 3 aliphatic rings. The van der Waals surface area contributed by atoms with Gasteiger partial charge in [-0.15, -0.1) is 0 Å². The summed E-state index contributed by atoms with van der Waals surface area (Å²) < 4.78 is 6.11. The Hall–Kier alpha value is -2.61. The second kappa shape index (κ2) is 14.4. The number of aliphatic imine (C=N–C) groups is 1. The lowest BCUT2D eigenvalue weighted by Gasteiger charge is -2.34. The van der Waals surface area contributed by atoms with Gasteiger partial charge in [-0.05, 0) is 50.7 Å². The van der Waals surface area contributed by atoms with Crippen LogP contribution in [0.15, 0.2) is 23.2 Å². The first-order valence-corrected chi connectivity index (χ1v) is 14.4. The first kappa shape index (κ1) is 27.4. The maximum Gasteiger partial charge on any atom is 0.246 e. The summed E-state index contributed by atoms with van der Waals surface area (Å²) in [6, 6.07) is 6.31. The third-order valence-corrected chi connectivity index (χ3v) is 7.75. The molecule has 2 amide bonds. The Labute approximate surface area is 221 Å². The average Bonchev–Trinajstić information content (AvgIpc) is 3.28. The largest absolute Gasteiger partial charge is 0.493 e. The highest BCUT2D eigenvalue weighted by Gasteiger charge is 2.30. The lowest BCUT2D eigenvalue weighted by Crippen LogP contribution is -2.42. The number of hydrogen-bond acceptors (Lipinski definition) is 6. The number of carbonyl (C=O) groups is 2. The van der Waals surface area contributed by atoms with E-state index in [0.29, 0.717) is 44.0 Å². The van der Waals surface area contributed by atoms with Gasteiger partial charge in [0.2, 0.25) is 17.8 Å². The summed E-state index contributed by atoms with van der Waals surface area (Å²) in [5.74, 6) is 1.79. The maximum absolute atomic E-state index is 13.1. The number of hydrogen-bond donors (Lipinski definition) is 2. The van der Waals surface area contributed by atoms with Crippen molar-refractivity contribution in [3.05, 3.63) is 23.8 Å². The van der Waals surface area contributed by atoms with Gasteiger partial charge in [0.25, 0.3) is 0 Å². The van der Waals surface area contributed by atoms with Crippen LogP contribution in [0.3, 0.4) is 0 Å². The van der Waals surface area contributed by atoms with Gasteiger partial charge in [-0.25, -0.2) is 4.99 Å². The predicted octanol–water partition coefficient (Wildman–Crippen LogP) is 4.66. The van der Waals surface area contributed by atoms with Gasteiger partial charge in [0, 0.05) is 31.2 Å². The SMILES string of the molecule is O=C1CN2Cc3c(cccc3OCCCCCCC(=O)N(CCCCCCO)C3CCCCC3)N=C2N1. The fourth-order valence-corrected chi connectivity index (χ4v) is 5.69. The van der Waals surface area contributed by atoms with E-state index in [-0.39, 0.29) is 12.5 Å². The van der Waals surface area contributed by atoms with Gasteiger partial charge in [0.15, 0.2) is 0 Å². The molecule has 2 heterocycles. The van der Waals surface area contributed by atoms with Crippen LogP contribution in [0.4, 0.5) is 5.69 Å². The van der Waals surface area contributed by atoms with E-state index in [9.17, 15) is 9.59 Å². The number of unbranched alkanes of at least 4 members (excludes halogenated alkanes) is 6. The molecule has 1 aromatic rings. The van der Waals surface area contributed by atoms with Crippen molar-refractivity contribution in [2.75, 3.05) is 26.3 Å². The first-order valence-electron chi connectivity index (χ1n) is 14.4. The molecule has 0 radical (unpaired) electrons. The summed E-state index contributed by atoms with van der Waals surface area (Å²) in [6.45, 7) is 2.74. The van der Waals surface area contributed by atoms with Crippen LogP contribution >= 0.6 is 0 Å². The lowest BCUT2D eigenvalue weighted by molar-refractivity contribution is -0.134. The minimum Gasteiger partial charge on any atom is -0.493 e. The number of benzene rings is 1. The normalized spacial score (nSPS) is 17.2. The second-order valence-corrected chi connectivity index (χ2v) is 10.6. The van der Waals surface area contributed by atoms with Gasteiger partial charge in [-0.2, -0.15) is 0 Å². The van der Waals surface area contributed by atoms with Crippen molar-refractivity contribution < 1.29 is 19.4 Å². The van der Waals surface area contributed by atoms with Gasteiger partial charge < -0.3 is 19.6 Å². The molecule has 0 unspecified atom stereocenters. The van der Waals surface area contributed by atoms with E-state index >= 15 is 0 Å². The van der Waals surface area contributed by atoms with Gasteiger partial charge >= 0.3 is 0 Å². The number of ether oxygens (including phenoxy) is 1. The van der Waals surface area contributed by atoms with Crippen molar-refractivity contribution in [1.82, 2.24) is 15.1 Å². The van der Waals surface area contributed by atoms with E-state index in [2.05, 4.69) is 15.2 Å². The number of nitrogens with one attached hydrogen (secondary N) is 1. The molecular formula is C29H44N4O4. The average molecular weight is 513 g/mol. The van der Waals surface area contributed by atoms with Crippen molar-refractivity contribution in [1.29, 1.82) is 0 Å². The topological polar surface area (TPSA) is 94.5 Å². The van der Waals surface area contributed by atoms with E-state index in [1.165, 1.54) is 19.3 Å². The van der Waals surface area contributed by atoms with Crippen molar-refractivity contribution in [2.45, 2.75) is 102 Å². The molecule has 1 saturated carbocycles. The standard InChI is InChI=1S/C29H44N4O4/c34-19-10-3-2-9-18-33(23-13-6-5-7-14-23)28(36)17-8-1-4-11-20-37-26-16-12-15-25-24(26)21-32-22-27(35)31-29(32)30-25/h12,15-16,23,34H,1-11,13-14,17-22H2,(H,30,31,35). The summed E-state index contributed by atoms with van der Waals surface area (Å²) in [4.78, 5) is 33.5. The number of nitrogens with zero attached hydrogens (tertiary/aromatic N) is 3. The van der Waals surface area contributed by atoms with Crippen LogP contribution in [0.2, 0.25) is 0 Å². The van der Waals surface area contributed by atoms with Gasteiger partial charge in [0.1, 0.15) is 12.3 Å². The van der Waals surface area contributed by atoms with Crippen molar-refractivity contribution in [2.24, 2.45) is 4.99 Å². The Morgan fingerprint density at radius 3 is 2.65 bits per heavy atom.